The Hall–Kier alpha value is -4.05. The van der Waals surface area contributed by atoms with Crippen molar-refractivity contribution < 1.29 is 26.3 Å². The van der Waals surface area contributed by atoms with Crippen molar-refractivity contribution in [1.29, 1.82) is 0 Å². The van der Waals surface area contributed by atoms with Crippen LogP contribution in [0.1, 0.15) is 54.5 Å². The van der Waals surface area contributed by atoms with Gasteiger partial charge < -0.3 is 10.1 Å². The summed E-state index contributed by atoms with van der Waals surface area (Å²) in [6, 6.07) is 0.534. The molecule has 0 bridgehead atoms. The van der Waals surface area contributed by atoms with Gasteiger partial charge in [0.05, 0.1) is 46.4 Å². The second kappa shape index (κ2) is 11.6. The van der Waals surface area contributed by atoms with Crippen LogP contribution in [-0.2, 0) is 27.5 Å². The van der Waals surface area contributed by atoms with Gasteiger partial charge in [-0.05, 0) is 38.8 Å². The van der Waals surface area contributed by atoms with Crippen LogP contribution < -0.4 is 10.9 Å². The molecule has 0 saturated heterocycles. The summed E-state index contributed by atoms with van der Waals surface area (Å²) >= 11 is 0. The second-order valence-corrected chi connectivity index (χ2v) is 12.4. The van der Waals surface area contributed by atoms with E-state index in [4.69, 9.17) is 4.74 Å². The highest BCUT2D eigenvalue weighted by molar-refractivity contribution is 7.90. The Labute approximate surface area is 244 Å². The van der Waals surface area contributed by atoms with Crippen LogP contribution >= 0.6 is 0 Å². The number of hydrogen-bond donors (Lipinski definition) is 1. The van der Waals surface area contributed by atoms with Crippen LogP contribution in [0.25, 0.3) is 22.6 Å². The van der Waals surface area contributed by atoms with Crippen molar-refractivity contribution >= 4 is 26.8 Å². The summed E-state index contributed by atoms with van der Waals surface area (Å²) in [5, 5.41) is 2.75. The highest BCUT2D eigenvalue weighted by atomic mass is 32.2. The molecule has 5 rings (SSSR count). The molecule has 4 heterocycles. The standard InChI is InChI=1S/C27H29F3N8O4S/c1-14-21-25(37-23(35-14)20-19(9-10-42-3)33-13-34-22(20)16-5-6-16)38(15(2)27(28,29)30)26(39)24(36-21)32-11-17-7-8-18(12-31-17)43(4,40)41/h7-8,12-13,15-16H,5-6,9-11H2,1-4H3,(H,32,36). The number of rotatable bonds is 10. The van der Waals surface area contributed by atoms with E-state index in [1.165, 1.54) is 18.5 Å². The molecule has 1 fully saturated rings. The lowest BCUT2D eigenvalue weighted by molar-refractivity contribution is -0.162. The average Bonchev–Trinajstić information content (AvgIpc) is 3.79. The molecule has 1 aliphatic rings. The van der Waals surface area contributed by atoms with Crippen molar-refractivity contribution in [3.8, 4) is 11.4 Å². The van der Waals surface area contributed by atoms with Crippen molar-refractivity contribution in [2.45, 2.75) is 62.7 Å². The van der Waals surface area contributed by atoms with Crippen LogP contribution in [0.15, 0.2) is 34.3 Å². The number of sulfone groups is 1. The molecule has 1 N–H and O–H groups in total. The first-order valence-corrected chi connectivity index (χ1v) is 15.3. The van der Waals surface area contributed by atoms with E-state index in [2.05, 4.69) is 35.2 Å². The Morgan fingerprint density at radius 2 is 1.88 bits per heavy atom. The lowest BCUT2D eigenvalue weighted by atomic mass is 10.0. The molecule has 1 atom stereocenters. The van der Waals surface area contributed by atoms with E-state index in [0.717, 1.165) is 32.2 Å². The van der Waals surface area contributed by atoms with Crippen LogP contribution in [-0.4, -0.2) is 69.0 Å². The van der Waals surface area contributed by atoms with Gasteiger partial charge in [-0.25, -0.2) is 33.3 Å². The molecule has 43 heavy (non-hydrogen) atoms. The number of ether oxygens (including phenoxy) is 1. The van der Waals surface area contributed by atoms with Crippen molar-refractivity contribution in [1.82, 2.24) is 34.5 Å². The molecule has 4 aromatic heterocycles. The van der Waals surface area contributed by atoms with E-state index in [1.54, 1.807) is 14.0 Å². The first kappa shape index (κ1) is 30.4. The van der Waals surface area contributed by atoms with Gasteiger partial charge in [-0.2, -0.15) is 13.2 Å². The monoisotopic (exact) mass is 618 g/mol. The molecule has 16 heteroatoms. The molecular formula is C27H29F3N8O4S. The molecule has 0 radical (unpaired) electrons. The zero-order chi connectivity index (χ0) is 31.1. The number of pyridine rings is 1. The van der Waals surface area contributed by atoms with Crippen molar-refractivity contribution in [2.24, 2.45) is 0 Å². The molecule has 0 spiro atoms. The molecule has 0 amide bonds. The molecule has 1 aliphatic carbocycles. The predicted molar refractivity (Wildman–Crippen MR) is 150 cm³/mol. The minimum absolute atomic E-state index is 0.00375. The predicted octanol–water partition coefficient (Wildman–Crippen LogP) is 3.55. The van der Waals surface area contributed by atoms with Crippen LogP contribution in [0.3, 0.4) is 0 Å². The summed E-state index contributed by atoms with van der Waals surface area (Å²) in [5.41, 5.74) is 1.11. The number of aryl methyl sites for hydroxylation is 1. The highest BCUT2D eigenvalue weighted by Crippen LogP contribution is 2.43. The lowest BCUT2D eigenvalue weighted by Crippen LogP contribution is -2.35. The third-order valence-corrected chi connectivity index (χ3v) is 8.22. The quantitative estimate of drug-likeness (QED) is 0.277. The van der Waals surface area contributed by atoms with E-state index >= 15 is 0 Å². The maximum Gasteiger partial charge on any atom is 0.409 e. The fraction of sp³-hybridized carbons (Fsp3) is 0.444. The number of fused-ring (bicyclic) bond motifs is 1. The summed E-state index contributed by atoms with van der Waals surface area (Å²) < 4.78 is 71.6. The van der Waals surface area contributed by atoms with Gasteiger partial charge in [-0.3, -0.25) is 14.3 Å². The summed E-state index contributed by atoms with van der Waals surface area (Å²) in [4.78, 5) is 39.9. The summed E-state index contributed by atoms with van der Waals surface area (Å²) in [7, 11) is -1.92. The van der Waals surface area contributed by atoms with Crippen LogP contribution in [0, 0.1) is 6.92 Å². The molecule has 0 aromatic carbocycles. The van der Waals surface area contributed by atoms with E-state index in [1.807, 2.05) is 0 Å². The Balaban J connectivity index is 1.64. The van der Waals surface area contributed by atoms with Gasteiger partial charge in [0.15, 0.2) is 27.1 Å². The van der Waals surface area contributed by atoms with E-state index in [9.17, 15) is 26.4 Å². The number of halogens is 3. The van der Waals surface area contributed by atoms with Gasteiger partial charge in [-0.15, -0.1) is 0 Å². The summed E-state index contributed by atoms with van der Waals surface area (Å²) in [6.07, 6.45) is 1.07. The Kier molecular flexibility index (Phi) is 8.17. The number of aromatic nitrogens is 7. The van der Waals surface area contributed by atoms with Gasteiger partial charge in [-0.1, -0.05) is 0 Å². The number of nitrogens with one attached hydrogen (secondary N) is 1. The molecule has 1 unspecified atom stereocenters. The smallest absolute Gasteiger partial charge is 0.384 e. The van der Waals surface area contributed by atoms with Crippen LogP contribution in [0.4, 0.5) is 19.0 Å². The van der Waals surface area contributed by atoms with Crippen molar-refractivity contribution in [3.05, 3.63) is 57.8 Å². The first-order valence-electron chi connectivity index (χ1n) is 13.4. The van der Waals surface area contributed by atoms with Gasteiger partial charge in [0, 0.05) is 31.9 Å². The maximum absolute atomic E-state index is 14.1. The van der Waals surface area contributed by atoms with Gasteiger partial charge in [0.1, 0.15) is 17.9 Å². The average molecular weight is 619 g/mol. The van der Waals surface area contributed by atoms with Crippen molar-refractivity contribution in [2.75, 3.05) is 25.3 Å². The molecular weight excluding hydrogens is 589 g/mol. The van der Waals surface area contributed by atoms with Crippen molar-refractivity contribution in [3.63, 3.8) is 0 Å². The second-order valence-electron chi connectivity index (χ2n) is 10.4. The largest absolute Gasteiger partial charge is 0.409 e. The normalized spacial score (nSPS) is 14.7. The number of methoxy groups -OCH3 is 1. The third-order valence-electron chi connectivity index (χ3n) is 7.12. The number of alkyl halides is 3. The maximum atomic E-state index is 14.1. The summed E-state index contributed by atoms with van der Waals surface area (Å²) in [5.74, 6) is -0.0988. The number of hydrogen-bond acceptors (Lipinski definition) is 11. The Morgan fingerprint density at radius 3 is 2.49 bits per heavy atom. The van der Waals surface area contributed by atoms with Crippen LogP contribution in [0.2, 0.25) is 0 Å². The van der Waals surface area contributed by atoms with E-state index in [0.29, 0.717) is 40.2 Å². The van der Waals surface area contributed by atoms with Gasteiger partial charge in [0.25, 0.3) is 5.56 Å². The van der Waals surface area contributed by atoms with Crippen LogP contribution in [0.5, 0.6) is 0 Å². The Bertz CT molecular complexity index is 1840. The topological polar surface area (TPSA) is 155 Å². The van der Waals surface area contributed by atoms with E-state index in [-0.39, 0.29) is 45.9 Å². The zero-order valence-corrected chi connectivity index (χ0v) is 24.6. The molecule has 12 nitrogen and oxygen atoms in total. The lowest BCUT2D eigenvalue weighted by Gasteiger charge is -2.22. The first-order chi connectivity index (χ1) is 20.3. The fourth-order valence-corrected chi connectivity index (χ4v) is 5.16. The van der Waals surface area contributed by atoms with Gasteiger partial charge in [0.2, 0.25) is 0 Å². The molecule has 1 saturated carbocycles. The molecule has 4 aromatic rings. The zero-order valence-electron chi connectivity index (χ0n) is 23.8. The Morgan fingerprint density at radius 1 is 1.14 bits per heavy atom. The minimum Gasteiger partial charge on any atom is -0.384 e. The SMILES string of the molecule is COCCc1ncnc(C2CC2)c1-c1nc(C)c2nc(NCc3ccc(S(C)(=O)=O)cn3)c(=O)n(C(C)C(F)(F)F)c2n1. The van der Waals surface area contributed by atoms with Gasteiger partial charge >= 0.3 is 6.18 Å². The van der Waals surface area contributed by atoms with E-state index < -0.39 is 27.6 Å². The highest BCUT2D eigenvalue weighted by Gasteiger charge is 2.40. The number of nitrogens with zero attached hydrogens (tertiary/aromatic N) is 7. The fourth-order valence-electron chi connectivity index (χ4n) is 4.60. The summed E-state index contributed by atoms with van der Waals surface area (Å²) in [6.45, 7) is 2.70. The number of anilines is 1. The molecule has 228 valence electrons. The molecule has 0 aliphatic heterocycles. The minimum atomic E-state index is -4.78. The third kappa shape index (κ3) is 6.34.